The van der Waals surface area contributed by atoms with E-state index in [2.05, 4.69) is 29.0 Å². The molecule has 2 rings (SSSR count). The molecule has 0 fully saturated rings. The van der Waals surface area contributed by atoms with E-state index in [1.165, 1.54) is 12.1 Å². The van der Waals surface area contributed by atoms with Crippen LogP contribution >= 0.6 is 0 Å². The second-order valence-electron chi connectivity index (χ2n) is 5.75. The molecule has 0 aliphatic rings. The molecule has 0 saturated heterocycles. The zero-order valence-corrected chi connectivity index (χ0v) is 14.3. The summed E-state index contributed by atoms with van der Waals surface area (Å²) in [5, 5.41) is 2.80. The molecule has 0 bridgehead atoms. The van der Waals surface area contributed by atoms with E-state index >= 15 is 0 Å². The number of amides is 1. The Bertz CT molecular complexity index is 652. The van der Waals surface area contributed by atoms with Crippen LogP contribution in [0.15, 0.2) is 42.6 Å². The van der Waals surface area contributed by atoms with Gasteiger partial charge in [-0.2, -0.15) is 0 Å². The number of hydrogen-bond donors (Lipinski definition) is 1. The Hall–Kier alpha value is -2.43. The fourth-order valence-corrected chi connectivity index (χ4v) is 2.57. The summed E-state index contributed by atoms with van der Waals surface area (Å²) in [6.07, 6.45) is 3.93. The first-order chi connectivity index (χ1) is 11.6. The van der Waals surface area contributed by atoms with Gasteiger partial charge in [-0.15, -0.1) is 0 Å². The third kappa shape index (κ3) is 5.33. The Morgan fingerprint density at radius 2 is 1.92 bits per heavy atom. The fraction of sp³-hybridized carbons (Fsp3) is 0.368. The second-order valence-corrected chi connectivity index (χ2v) is 5.75. The van der Waals surface area contributed by atoms with Crippen molar-refractivity contribution in [2.45, 2.75) is 33.1 Å². The highest BCUT2D eigenvalue weighted by molar-refractivity contribution is 5.92. The van der Waals surface area contributed by atoms with Crippen LogP contribution in [-0.4, -0.2) is 24.0 Å². The van der Waals surface area contributed by atoms with Crippen LogP contribution in [0.25, 0.3) is 0 Å². The molecule has 0 atom stereocenters. The van der Waals surface area contributed by atoms with Crippen LogP contribution in [0.1, 0.15) is 32.3 Å². The molecule has 0 aliphatic carbocycles. The minimum Gasteiger partial charge on any atom is -0.357 e. The molecule has 1 aromatic carbocycles. The number of nitrogens with one attached hydrogen (secondary N) is 1. The summed E-state index contributed by atoms with van der Waals surface area (Å²) >= 11 is 0. The highest BCUT2D eigenvalue weighted by atomic mass is 19.1. The van der Waals surface area contributed by atoms with Gasteiger partial charge in [-0.25, -0.2) is 9.37 Å². The SMILES string of the molecule is CCCN(CCC)c1ccc(NC(=O)Cc2cccc(F)c2)cn1. The quantitative estimate of drug-likeness (QED) is 0.795. The van der Waals surface area contributed by atoms with Crippen LogP contribution in [0.4, 0.5) is 15.9 Å². The van der Waals surface area contributed by atoms with Gasteiger partial charge in [-0.1, -0.05) is 26.0 Å². The van der Waals surface area contributed by atoms with Gasteiger partial charge in [0.25, 0.3) is 0 Å². The molecule has 2 aromatic rings. The van der Waals surface area contributed by atoms with Crippen molar-refractivity contribution in [2.75, 3.05) is 23.3 Å². The molecular weight excluding hydrogens is 305 g/mol. The maximum Gasteiger partial charge on any atom is 0.228 e. The topological polar surface area (TPSA) is 45.2 Å². The molecule has 24 heavy (non-hydrogen) atoms. The Labute approximate surface area is 142 Å². The van der Waals surface area contributed by atoms with E-state index < -0.39 is 0 Å². The number of rotatable bonds is 8. The highest BCUT2D eigenvalue weighted by Crippen LogP contribution is 2.15. The molecule has 1 amide bonds. The second kappa shape index (κ2) is 9.01. The molecule has 1 heterocycles. The largest absolute Gasteiger partial charge is 0.357 e. The standard InChI is InChI=1S/C19H24FN3O/c1-3-10-23(11-4-2)18-9-8-17(14-21-18)22-19(24)13-15-6-5-7-16(20)12-15/h5-9,12,14H,3-4,10-11,13H2,1-2H3,(H,22,24). The first kappa shape index (κ1) is 17.9. The minimum atomic E-state index is -0.335. The van der Waals surface area contributed by atoms with Gasteiger partial charge >= 0.3 is 0 Å². The van der Waals surface area contributed by atoms with Crippen LogP contribution < -0.4 is 10.2 Å². The molecule has 5 heteroatoms. The summed E-state index contributed by atoms with van der Waals surface area (Å²) in [6.45, 7) is 6.21. The van der Waals surface area contributed by atoms with Crippen molar-refractivity contribution in [3.8, 4) is 0 Å². The van der Waals surface area contributed by atoms with Crippen molar-refractivity contribution in [1.82, 2.24) is 4.98 Å². The van der Waals surface area contributed by atoms with E-state index in [0.29, 0.717) is 11.3 Å². The molecule has 1 aromatic heterocycles. The lowest BCUT2D eigenvalue weighted by molar-refractivity contribution is -0.115. The number of carbonyl (C=O) groups excluding carboxylic acids is 1. The van der Waals surface area contributed by atoms with Crippen LogP contribution in [0.3, 0.4) is 0 Å². The predicted octanol–water partition coefficient (Wildman–Crippen LogP) is 4.03. The van der Waals surface area contributed by atoms with Crippen molar-refractivity contribution in [3.63, 3.8) is 0 Å². The first-order valence-corrected chi connectivity index (χ1v) is 8.37. The highest BCUT2D eigenvalue weighted by Gasteiger charge is 2.08. The Balaban J connectivity index is 1.96. The van der Waals surface area contributed by atoms with Crippen molar-refractivity contribution < 1.29 is 9.18 Å². The maximum absolute atomic E-state index is 13.1. The number of nitrogens with zero attached hydrogens (tertiary/aromatic N) is 2. The van der Waals surface area contributed by atoms with Gasteiger partial charge in [-0.3, -0.25) is 4.79 Å². The maximum atomic E-state index is 13.1. The molecule has 1 N–H and O–H groups in total. The molecule has 0 spiro atoms. The molecule has 0 unspecified atom stereocenters. The van der Waals surface area contributed by atoms with Gasteiger partial charge in [-0.05, 0) is 42.7 Å². The van der Waals surface area contributed by atoms with E-state index in [4.69, 9.17) is 0 Å². The Kier molecular flexibility index (Phi) is 6.73. The fourth-order valence-electron chi connectivity index (χ4n) is 2.57. The van der Waals surface area contributed by atoms with E-state index in [1.807, 2.05) is 12.1 Å². The van der Waals surface area contributed by atoms with Crippen LogP contribution in [0, 0.1) is 5.82 Å². The van der Waals surface area contributed by atoms with Crippen molar-refractivity contribution >= 4 is 17.4 Å². The summed E-state index contributed by atoms with van der Waals surface area (Å²) in [6, 6.07) is 9.84. The molecule has 4 nitrogen and oxygen atoms in total. The summed E-state index contributed by atoms with van der Waals surface area (Å²) in [5.74, 6) is 0.397. The van der Waals surface area contributed by atoms with E-state index in [0.717, 1.165) is 31.7 Å². The lowest BCUT2D eigenvalue weighted by Gasteiger charge is -2.22. The average molecular weight is 329 g/mol. The number of hydrogen-bond acceptors (Lipinski definition) is 3. The van der Waals surface area contributed by atoms with E-state index in [-0.39, 0.29) is 18.1 Å². The minimum absolute atomic E-state index is 0.136. The average Bonchev–Trinajstić information content (AvgIpc) is 2.55. The van der Waals surface area contributed by atoms with Gasteiger partial charge in [0.2, 0.25) is 5.91 Å². The lowest BCUT2D eigenvalue weighted by Crippen LogP contribution is -2.25. The van der Waals surface area contributed by atoms with Crippen LogP contribution in [0.2, 0.25) is 0 Å². The Morgan fingerprint density at radius 1 is 1.17 bits per heavy atom. The number of anilines is 2. The summed E-state index contributed by atoms with van der Waals surface area (Å²) < 4.78 is 13.1. The van der Waals surface area contributed by atoms with E-state index in [1.54, 1.807) is 18.3 Å². The number of pyridine rings is 1. The number of halogens is 1. The zero-order valence-electron chi connectivity index (χ0n) is 14.3. The van der Waals surface area contributed by atoms with Crippen LogP contribution in [-0.2, 0) is 11.2 Å². The smallest absolute Gasteiger partial charge is 0.228 e. The summed E-state index contributed by atoms with van der Waals surface area (Å²) in [4.78, 5) is 18.7. The van der Waals surface area contributed by atoms with Gasteiger partial charge in [0, 0.05) is 13.1 Å². The lowest BCUT2D eigenvalue weighted by atomic mass is 10.1. The van der Waals surface area contributed by atoms with Gasteiger partial charge < -0.3 is 10.2 Å². The first-order valence-electron chi connectivity index (χ1n) is 8.37. The summed E-state index contributed by atoms with van der Waals surface area (Å²) in [7, 11) is 0. The number of carbonyl (C=O) groups is 1. The Morgan fingerprint density at radius 3 is 2.50 bits per heavy atom. The molecule has 128 valence electrons. The number of aromatic nitrogens is 1. The molecular formula is C19H24FN3O. The van der Waals surface area contributed by atoms with Gasteiger partial charge in [0.15, 0.2) is 0 Å². The van der Waals surface area contributed by atoms with Gasteiger partial charge in [0.1, 0.15) is 11.6 Å². The van der Waals surface area contributed by atoms with Crippen molar-refractivity contribution in [2.24, 2.45) is 0 Å². The third-order valence-electron chi connectivity index (χ3n) is 3.60. The summed E-state index contributed by atoms with van der Waals surface area (Å²) in [5.41, 5.74) is 1.29. The third-order valence-corrected chi connectivity index (χ3v) is 3.60. The predicted molar refractivity (Wildman–Crippen MR) is 95.8 cm³/mol. The zero-order chi connectivity index (χ0) is 17.4. The van der Waals surface area contributed by atoms with E-state index in [9.17, 15) is 9.18 Å². The molecule has 0 saturated carbocycles. The number of benzene rings is 1. The van der Waals surface area contributed by atoms with Crippen molar-refractivity contribution in [3.05, 3.63) is 54.0 Å². The van der Waals surface area contributed by atoms with Crippen LogP contribution in [0.5, 0.6) is 0 Å². The van der Waals surface area contributed by atoms with Gasteiger partial charge in [0.05, 0.1) is 18.3 Å². The monoisotopic (exact) mass is 329 g/mol. The van der Waals surface area contributed by atoms with Crippen molar-refractivity contribution in [1.29, 1.82) is 0 Å². The molecule has 0 aliphatic heterocycles. The normalized spacial score (nSPS) is 10.5. The molecule has 0 radical (unpaired) electrons.